The maximum Gasteiger partial charge on any atom is 0.416 e. The molecular formula is C20H16ClF3N6O2. The molecule has 0 saturated heterocycles. The van der Waals surface area contributed by atoms with E-state index in [0.717, 1.165) is 30.5 Å². The van der Waals surface area contributed by atoms with Crippen LogP contribution >= 0.6 is 11.6 Å². The Bertz CT molecular complexity index is 1360. The molecule has 32 heavy (non-hydrogen) atoms. The summed E-state index contributed by atoms with van der Waals surface area (Å²) in [6.45, 7) is 1.50. The molecule has 5 rings (SSSR count). The molecule has 4 aromatic rings. The van der Waals surface area contributed by atoms with E-state index in [9.17, 15) is 18.0 Å². The number of imidazole rings is 1. The van der Waals surface area contributed by atoms with Gasteiger partial charge in [-0.25, -0.2) is 14.8 Å². The van der Waals surface area contributed by atoms with Crippen molar-refractivity contribution in [3.8, 4) is 5.88 Å². The zero-order chi connectivity index (χ0) is 22.6. The van der Waals surface area contributed by atoms with Crippen molar-refractivity contribution in [2.75, 3.05) is 0 Å². The third-order valence-electron chi connectivity index (χ3n) is 5.20. The normalized spacial score (nSPS) is 14.3. The molecule has 4 heterocycles. The SMILES string of the molecule is Cc1cc(C(F)(F)F)cc2nc(CNC(=O)Oc3cc(Cl)nc4c(C5CC5)cnn34)cn12. The van der Waals surface area contributed by atoms with Crippen LogP contribution in [0.3, 0.4) is 0 Å². The largest absolute Gasteiger partial charge is 0.416 e. The van der Waals surface area contributed by atoms with Gasteiger partial charge in [0.25, 0.3) is 0 Å². The number of ether oxygens (including phenoxy) is 1. The van der Waals surface area contributed by atoms with Gasteiger partial charge in [-0.1, -0.05) is 11.6 Å². The van der Waals surface area contributed by atoms with Gasteiger partial charge < -0.3 is 14.5 Å². The Balaban J connectivity index is 1.32. The monoisotopic (exact) mass is 464 g/mol. The van der Waals surface area contributed by atoms with Gasteiger partial charge in [0.2, 0.25) is 5.88 Å². The molecule has 1 saturated carbocycles. The predicted octanol–water partition coefficient (Wildman–Crippen LogP) is 4.52. The molecule has 0 aliphatic heterocycles. The molecule has 4 aromatic heterocycles. The summed E-state index contributed by atoms with van der Waals surface area (Å²) in [5.41, 5.74) is 1.59. The van der Waals surface area contributed by atoms with E-state index in [2.05, 4.69) is 20.4 Å². The number of aromatic nitrogens is 5. The summed E-state index contributed by atoms with van der Waals surface area (Å²) in [4.78, 5) is 20.8. The van der Waals surface area contributed by atoms with Gasteiger partial charge in [-0.2, -0.15) is 22.8 Å². The Morgan fingerprint density at radius 2 is 2.06 bits per heavy atom. The molecule has 0 bridgehead atoms. The lowest BCUT2D eigenvalue weighted by atomic mass is 10.2. The van der Waals surface area contributed by atoms with Gasteiger partial charge in [0.1, 0.15) is 10.8 Å². The molecule has 166 valence electrons. The van der Waals surface area contributed by atoms with Gasteiger partial charge in [0, 0.05) is 23.5 Å². The Kier molecular flexibility index (Phi) is 4.73. The van der Waals surface area contributed by atoms with Gasteiger partial charge in [-0.3, -0.25) is 0 Å². The Labute approximate surface area is 184 Å². The van der Waals surface area contributed by atoms with Gasteiger partial charge in [-0.15, -0.1) is 0 Å². The maximum atomic E-state index is 13.0. The number of nitrogens with zero attached hydrogens (tertiary/aromatic N) is 5. The average molecular weight is 465 g/mol. The minimum atomic E-state index is -4.47. The molecule has 0 aromatic carbocycles. The number of fused-ring (bicyclic) bond motifs is 2. The van der Waals surface area contributed by atoms with Crippen LogP contribution in [0.4, 0.5) is 18.0 Å². The second kappa shape index (κ2) is 7.37. The smallest absolute Gasteiger partial charge is 0.391 e. The van der Waals surface area contributed by atoms with E-state index in [4.69, 9.17) is 16.3 Å². The fourth-order valence-corrected chi connectivity index (χ4v) is 3.70. The van der Waals surface area contributed by atoms with Crippen LogP contribution in [-0.2, 0) is 12.7 Å². The highest BCUT2D eigenvalue weighted by molar-refractivity contribution is 6.29. The van der Waals surface area contributed by atoms with E-state index in [1.54, 1.807) is 19.3 Å². The van der Waals surface area contributed by atoms with Crippen molar-refractivity contribution in [3.05, 3.63) is 58.3 Å². The lowest BCUT2D eigenvalue weighted by Crippen LogP contribution is -2.27. The van der Waals surface area contributed by atoms with Crippen molar-refractivity contribution >= 4 is 29.0 Å². The predicted molar refractivity (Wildman–Crippen MR) is 108 cm³/mol. The van der Waals surface area contributed by atoms with Crippen LogP contribution in [0.2, 0.25) is 5.15 Å². The van der Waals surface area contributed by atoms with Crippen LogP contribution in [0, 0.1) is 6.92 Å². The van der Waals surface area contributed by atoms with Crippen LogP contribution < -0.4 is 10.1 Å². The molecule has 0 radical (unpaired) electrons. The van der Waals surface area contributed by atoms with Gasteiger partial charge in [0.15, 0.2) is 5.65 Å². The summed E-state index contributed by atoms with van der Waals surface area (Å²) in [6.07, 6.45) is 0.0903. The third-order valence-corrected chi connectivity index (χ3v) is 5.40. The molecule has 0 atom stereocenters. The molecule has 1 aliphatic carbocycles. The number of alkyl halides is 3. The van der Waals surface area contributed by atoms with Crippen LogP contribution in [0.25, 0.3) is 11.3 Å². The van der Waals surface area contributed by atoms with E-state index in [0.29, 0.717) is 23.0 Å². The minimum Gasteiger partial charge on any atom is -0.391 e. The summed E-state index contributed by atoms with van der Waals surface area (Å²) >= 11 is 6.08. The molecule has 1 N–H and O–H groups in total. The highest BCUT2D eigenvalue weighted by atomic mass is 35.5. The number of carbonyl (C=O) groups excluding carboxylic acids is 1. The lowest BCUT2D eigenvalue weighted by Gasteiger charge is -2.08. The standard InChI is InChI=1S/C20H16ClF3N6O2/c1-10-4-12(20(22,23)24)5-16-27-13(9-29(10)16)7-25-19(31)32-17-6-15(21)28-18-14(11-2-3-11)8-26-30(17)18/h4-6,8-9,11H,2-3,7H2,1H3,(H,25,31). The number of rotatable bonds is 4. The summed E-state index contributed by atoms with van der Waals surface area (Å²) in [6, 6.07) is 3.38. The van der Waals surface area contributed by atoms with E-state index in [1.807, 2.05) is 0 Å². The van der Waals surface area contributed by atoms with Crippen LogP contribution in [-0.4, -0.2) is 30.1 Å². The third kappa shape index (κ3) is 3.83. The Morgan fingerprint density at radius 1 is 1.28 bits per heavy atom. The number of aryl methyl sites for hydroxylation is 1. The number of amides is 1. The summed E-state index contributed by atoms with van der Waals surface area (Å²) < 4.78 is 47.3. The van der Waals surface area contributed by atoms with E-state index >= 15 is 0 Å². The van der Waals surface area contributed by atoms with Crippen LogP contribution in [0.15, 0.2) is 30.6 Å². The molecular weight excluding hydrogens is 449 g/mol. The van der Waals surface area contributed by atoms with Crippen molar-refractivity contribution in [2.45, 2.75) is 38.4 Å². The fraction of sp³-hybridized carbons (Fsp3) is 0.300. The zero-order valence-corrected chi connectivity index (χ0v) is 17.4. The van der Waals surface area contributed by atoms with Crippen LogP contribution in [0.5, 0.6) is 5.88 Å². The number of hydrogen-bond acceptors (Lipinski definition) is 5. The second-order valence-electron chi connectivity index (χ2n) is 7.61. The highest BCUT2D eigenvalue weighted by Crippen LogP contribution is 2.42. The maximum absolute atomic E-state index is 13.0. The van der Waals surface area contributed by atoms with Crippen molar-refractivity contribution < 1.29 is 22.7 Å². The van der Waals surface area contributed by atoms with Gasteiger partial charge in [0.05, 0.1) is 24.0 Å². The highest BCUT2D eigenvalue weighted by Gasteiger charge is 2.31. The number of hydrogen-bond donors (Lipinski definition) is 1. The number of nitrogens with one attached hydrogen (secondary N) is 1. The first-order chi connectivity index (χ1) is 15.2. The summed E-state index contributed by atoms with van der Waals surface area (Å²) in [7, 11) is 0. The first kappa shape index (κ1) is 20.6. The number of halogens is 4. The molecule has 1 amide bonds. The fourth-order valence-electron chi connectivity index (χ4n) is 3.53. The molecule has 0 spiro atoms. The second-order valence-corrected chi connectivity index (χ2v) is 8.00. The van der Waals surface area contributed by atoms with Crippen molar-refractivity contribution in [2.24, 2.45) is 0 Å². The first-order valence-corrected chi connectivity index (χ1v) is 10.1. The first-order valence-electron chi connectivity index (χ1n) is 9.75. The Hall–Kier alpha value is -3.34. The molecule has 0 unspecified atom stereocenters. The van der Waals surface area contributed by atoms with Crippen molar-refractivity contribution in [1.82, 2.24) is 29.3 Å². The van der Waals surface area contributed by atoms with Crippen molar-refractivity contribution in [3.63, 3.8) is 0 Å². The molecule has 1 fully saturated rings. The number of pyridine rings is 1. The quantitative estimate of drug-likeness (QED) is 0.449. The average Bonchev–Trinajstić information content (AvgIpc) is 3.31. The number of carbonyl (C=O) groups is 1. The summed E-state index contributed by atoms with van der Waals surface area (Å²) in [5.74, 6) is 0.488. The summed E-state index contributed by atoms with van der Waals surface area (Å²) in [5, 5.41) is 6.94. The lowest BCUT2D eigenvalue weighted by molar-refractivity contribution is -0.137. The van der Waals surface area contributed by atoms with E-state index in [-0.39, 0.29) is 23.2 Å². The molecule has 8 nitrogen and oxygen atoms in total. The minimum absolute atomic E-state index is 0.0459. The zero-order valence-electron chi connectivity index (χ0n) is 16.6. The molecule has 1 aliphatic rings. The van der Waals surface area contributed by atoms with Gasteiger partial charge >= 0.3 is 12.3 Å². The van der Waals surface area contributed by atoms with Gasteiger partial charge in [-0.05, 0) is 37.8 Å². The van der Waals surface area contributed by atoms with Crippen LogP contribution in [0.1, 0.15) is 41.3 Å². The Morgan fingerprint density at radius 3 is 2.78 bits per heavy atom. The topological polar surface area (TPSA) is 85.8 Å². The van der Waals surface area contributed by atoms with E-state index < -0.39 is 17.8 Å². The molecule has 12 heteroatoms. The van der Waals surface area contributed by atoms with Crippen molar-refractivity contribution in [1.29, 1.82) is 0 Å². The van der Waals surface area contributed by atoms with E-state index in [1.165, 1.54) is 15.0 Å².